The van der Waals surface area contributed by atoms with Gasteiger partial charge < -0.3 is 9.47 Å². The van der Waals surface area contributed by atoms with Crippen molar-refractivity contribution in [1.82, 2.24) is 0 Å². The minimum Gasteiger partial charge on any atom is -0.497 e. The molecule has 0 radical (unpaired) electrons. The molecule has 1 unspecified atom stereocenters. The van der Waals surface area contributed by atoms with Crippen LogP contribution in [0.2, 0.25) is 0 Å². The van der Waals surface area contributed by atoms with Gasteiger partial charge in [-0.05, 0) is 53.3 Å². The number of benzene rings is 3. The Hall–Kier alpha value is -3.73. The number of ketones is 1. The molecule has 5 rings (SSSR count). The number of esters is 1. The highest BCUT2D eigenvalue weighted by atomic mass is 16.5. The van der Waals surface area contributed by atoms with E-state index in [1.807, 2.05) is 73.7 Å². The van der Waals surface area contributed by atoms with Gasteiger partial charge >= 0.3 is 5.97 Å². The summed E-state index contributed by atoms with van der Waals surface area (Å²) in [6.07, 6.45) is 1.04. The Morgan fingerprint density at radius 2 is 1.68 bits per heavy atom. The lowest BCUT2D eigenvalue weighted by Crippen LogP contribution is -2.37. The van der Waals surface area contributed by atoms with Gasteiger partial charge in [-0.2, -0.15) is 0 Å². The number of methoxy groups -OCH3 is 2. The lowest BCUT2D eigenvalue weighted by atomic mass is 9.68. The minimum absolute atomic E-state index is 0.0385. The molecule has 0 amide bonds. The first kappa shape index (κ1) is 22.1. The largest absolute Gasteiger partial charge is 0.497 e. The molecule has 3 aromatic rings. The summed E-state index contributed by atoms with van der Waals surface area (Å²) in [5, 5.41) is 2.11. The maximum absolute atomic E-state index is 13.7. The maximum Gasteiger partial charge on any atom is 0.315 e. The van der Waals surface area contributed by atoms with Crippen LogP contribution in [0.4, 0.5) is 0 Å². The fourth-order valence-electron chi connectivity index (χ4n) is 5.46. The Labute approximate surface area is 199 Å². The average Bonchev–Trinajstić information content (AvgIpc) is 2.87. The first-order chi connectivity index (χ1) is 16.5. The van der Waals surface area contributed by atoms with Crippen molar-refractivity contribution in [1.29, 1.82) is 0 Å². The quantitative estimate of drug-likeness (QED) is 0.483. The predicted molar refractivity (Wildman–Crippen MR) is 132 cm³/mol. The fourth-order valence-corrected chi connectivity index (χ4v) is 5.46. The van der Waals surface area contributed by atoms with Gasteiger partial charge in [0.1, 0.15) is 11.7 Å². The van der Waals surface area contributed by atoms with Gasteiger partial charge in [0.05, 0.1) is 14.2 Å². The SMILES string of the molecule is COC(=O)C1C(C)=NC2=C(C(=O)C[C@H](c3ccc(OC)cc3)C2)[C@@H]1c1cccc2ccccc12. The standard InChI is InChI=1S/C29H27NO4/c1-17-26(29(32)34-3)27(23-10-6-8-19-7-4-5-9-22(19)23)28-24(30-17)15-20(16-25(28)31)18-11-13-21(33-2)14-12-18/h4-14,20,26-27H,15-16H2,1-3H3/t20-,26?,27-/m1/s1. The van der Waals surface area contributed by atoms with E-state index >= 15 is 0 Å². The number of hydrogen-bond acceptors (Lipinski definition) is 5. The van der Waals surface area contributed by atoms with Crippen LogP contribution < -0.4 is 4.74 Å². The van der Waals surface area contributed by atoms with Crippen LogP contribution in [0.3, 0.4) is 0 Å². The third-order valence-corrected chi connectivity index (χ3v) is 7.09. The number of fused-ring (bicyclic) bond motifs is 1. The van der Waals surface area contributed by atoms with E-state index in [0.29, 0.717) is 24.1 Å². The van der Waals surface area contributed by atoms with E-state index in [2.05, 4.69) is 0 Å². The molecule has 3 atom stereocenters. The van der Waals surface area contributed by atoms with Crippen LogP contribution in [-0.4, -0.2) is 31.7 Å². The van der Waals surface area contributed by atoms with Crippen molar-refractivity contribution in [3.8, 4) is 5.75 Å². The zero-order valence-corrected chi connectivity index (χ0v) is 19.6. The van der Waals surface area contributed by atoms with Gasteiger partial charge in [-0.3, -0.25) is 14.6 Å². The first-order valence-electron chi connectivity index (χ1n) is 11.5. The van der Waals surface area contributed by atoms with E-state index in [-0.39, 0.29) is 17.7 Å². The van der Waals surface area contributed by atoms with Gasteiger partial charge in [-0.1, -0.05) is 54.6 Å². The molecule has 172 valence electrons. The van der Waals surface area contributed by atoms with E-state index in [4.69, 9.17) is 14.5 Å². The lowest BCUT2D eigenvalue weighted by Gasteiger charge is -2.36. The van der Waals surface area contributed by atoms with Crippen molar-refractivity contribution in [2.45, 2.75) is 31.6 Å². The zero-order valence-electron chi connectivity index (χ0n) is 19.6. The van der Waals surface area contributed by atoms with Crippen molar-refractivity contribution in [3.05, 3.63) is 89.1 Å². The molecule has 1 aliphatic carbocycles. The predicted octanol–water partition coefficient (Wildman–Crippen LogP) is 5.60. The second kappa shape index (κ2) is 8.90. The number of nitrogens with zero attached hydrogens (tertiary/aromatic N) is 1. The Morgan fingerprint density at radius 3 is 2.41 bits per heavy atom. The summed E-state index contributed by atoms with van der Waals surface area (Å²) in [6, 6.07) is 22.0. The Kier molecular flexibility index (Phi) is 5.78. The number of carbonyl (C=O) groups excluding carboxylic acids is 2. The van der Waals surface area contributed by atoms with E-state index in [1.54, 1.807) is 7.11 Å². The first-order valence-corrected chi connectivity index (χ1v) is 11.5. The van der Waals surface area contributed by atoms with E-state index in [1.165, 1.54) is 7.11 Å². The molecule has 5 nitrogen and oxygen atoms in total. The number of hydrogen-bond donors (Lipinski definition) is 0. The van der Waals surface area contributed by atoms with Gasteiger partial charge in [-0.25, -0.2) is 0 Å². The molecule has 34 heavy (non-hydrogen) atoms. The Balaban J connectivity index is 1.64. The van der Waals surface area contributed by atoms with E-state index in [0.717, 1.165) is 33.3 Å². The summed E-state index contributed by atoms with van der Waals surface area (Å²) in [5.41, 5.74) is 4.18. The summed E-state index contributed by atoms with van der Waals surface area (Å²) in [4.78, 5) is 31.5. The number of aliphatic imine (C=N–C) groups is 1. The van der Waals surface area contributed by atoms with Crippen molar-refractivity contribution in [2.24, 2.45) is 10.9 Å². The maximum atomic E-state index is 13.7. The van der Waals surface area contributed by atoms with Gasteiger partial charge in [0.15, 0.2) is 5.78 Å². The monoisotopic (exact) mass is 453 g/mol. The van der Waals surface area contributed by atoms with Crippen LogP contribution >= 0.6 is 0 Å². The molecule has 0 N–H and O–H groups in total. The van der Waals surface area contributed by atoms with Crippen LogP contribution in [0.25, 0.3) is 10.8 Å². The normalized spacial score (nSPS) is 22.3. The number of rotatable bonds is 4. The number of carbonyl (C=O) groups is 2. The molecule has 0 saturated heterocycles. The highest BCUT2D eigenvalue weighted by Crippen LogP contribution is 2.48. The third kappa shape index (κ3) is 3.71. The molecule has 0 fully saturated rings. The highest BCUT2D eigenvalue weighted by molar-refractivity contribution is 6.10. The molecule has 3 aromatic carbocycles. The van der Waals surface area contributed by atoms with Crippen LogP contribution in [0.5, 0.6) is 5.75 Å². The number of Topliss-reactive ketones (excluding diaryl/α,β-unsaturated/α-hetero) is 1. The average molecular weight is 454 g/mol. The second-order valence-electron chi connectivity index (χ2n) is 8.96. The molecule has 0 bridgehead atoms. The molecule has 5 heteroatoms. The highest BCUT2D eigenvalue weighted by Gasteiger charge is 2.45. The van der Waals surface area contributed by atoms with E-state index < -0.39 is 11.8 Å². The van der Waals surface area contributed by atoms with Crippen LogP contribution in [-0.2, 0) is 14.3 Å². The summed E-state index contributed by atoms with van der Waals surface area (Å²) < 4.78 is 10.5. The second-order valence-corrected chi connectivity index (χ2v) is 8.96. The summed E-state index contributed by atoms with van der Waals surface area (Å²) in [7, 11) is 3.03. The van der Waals surface area contributed by atoms with Crippen molar-refractivity contribution in [2.75, 3.05) is 14.2 Å². The summed E-state index contributed by atoms with van der Waals surface area (Å²) in [6.45, 7) is 1.87. The zero-order chi connectivity index (χ0) is 23.8. The lowest BCUT2D eigenvalue weighted by molar-refractivity contribution is -0.143. The van der Waals surface area contributed by atoms with Crippen LogP contribution in [0.15, 0.2) is 83.0 Å². The van der Waals surface area contributed by atoms with Crippen molar-refractivity contribution in [3.63, 3.8) is 0 Å². The van der Waals surface area contributed by atoms with Crippen LogP contribution in [0, 0.1) is 5.92 Å². The summed E-state index contributed by atoms with van der Waals surface area (Å²) in [5.74, 6) is -0.543. The molecule has 0 spiro atoms. The molecular weight excluding hydrogens is 426 g/mol. The van der Waals surface area contributed by atoms with Gasteiger partial charge in [0, 0.05) is 29.3 Å². The summed E-state index contributed by atoms with van der Waals surface area (Å²) >= 11 is 0. The molecular formula is C29H27NO4. The van der Waals surface area contributed by atoms with E-state index in [9.17, 15) is 9.59 Å². The fraction of sp³-hybridized carbons (Fsp3) is 0.276. The van der Waals surface area contributed by atoms with Crippen molar-refractivity contribution < 1.29 is 19.1 Å². The Morgan fingerprint density at radius 1 is 0.941 bits per heavy atom. The molecule has 1 heterocycles. The van der Waals surface area contributed by atoms with Gasteiger partial charge in [0.25, 0.3) is 0 Å². The van der Waals surface area contributed by atoms with Gasteiger partial charge in [0.2, 0.25) is 0 Å². The third-order valence-electron chi connectivity index (χ3n) is 7.09. The van der Waals surface area contributed by atoms with Crippen molar-refractivity contribution >= 4 is 28.2 Å². The molecule has 2 aliphatic rings. The topological polar surface area (TPSA) is 65.0 Å². The Bertz CT molecular complexity index is 1330. The number of ether oxygens (including phenoxy) is 2. The minimum atomic E-state index is -0.629. The smallest absolute Gasteiger partial charge is 0.315 e. The molecule has 0 aromatic heterocycles. The molecule has 1 aliphatic heterocycles. The van der Waals surface area contributed by atoms with Crippen LogP contribution in [0.1, 0.15) is 42.7 Å². The number of allylic oxidation sites excluding steroid dienone is 2. The molecule has 0 saturated carbocycles. The van der Waals surface area contributed by atoms with Gasteiger partial charge in [-0.15, -0.1) is 0 Å².